The van der Waals surface area contributed by atoms with Gasteiger partial charge in [0.25, 0.3) is 5.91 Å². The lowest BCUT2D eigenvalue weighted by atomic mass is 9.91. The molecule has 7 heteroatoms. The van der Waals surface area contributed by atoms with Gasteiger partial charge in [-0.25, -0.2) is 0 Å². The Morgan fingerprint density at radius 2 is 1.61 bits per heavy atom. The minimum absolute atomic E-state index is 0.0483. The van der Waals surface area contributed by atoms with Gasteiger partial charge in [-0.15, -0.1) is 0 Å². The molecule has 1 saturated carbocycles. The second-order valence-electron chi connectivity index (χ2n) is 8.83. The third-order valence-electron chi connectivity index (χ3n) is 6.20. The van der Waals surface area contributed by atoms with E-state index in [-0.39, 0.29) is 24.8 Å². The number of hydrogen-bond acceptors (Lipinski definition) is 5. The summed E-state index contributed by atoms with van der Waals surface area (Å²) in [6.45, 7) is 1.73. The van der Waals surface area contributed by atoms with E-state index in [1.165, 1.54) is 0 Å². The summed E-state index contributed by atoms with van der Waals surface area (Å²) in [6.07, 6.45) is 4.88. The maximum atomic E-state index is 12.9. The molecule has 2 atom stereocenters. The van der Waals surface area contributed by atoms with Crippen LogP contribution in [0.1, 0.15) is 48.5 Å². The van der Waals surface area contributed by atoms with E-state index in [1.54, 1.807) is 31.2 Å². The van der Waals surface area contributed by atoms with E-state index in [9.17, 15) is 19.2 Å². The Balaban J connectivity index is 1.74. The molecule has 1 fully saturated rings. The molecule has 1 aliphatic rings. The van der Waals surface area contributed by atoms with E-state index in [0.29, 0.717) is 18.4 Å². The van der Waals surface area contributed by atoms with Gasteiger partial charge >= 0.3 is 0 Å². The molecular formula is C26H31N3O4. The van der Waals surface area contributed by atoms with Gasteiger partial charge < -0.3 is 25.5 Å². The van der Waals surface area contributed by atoms with Gasteiger partial charge in [0.1, 0.15) is 18.1 Å². The minimum Gasteiger partial charge on any atom is -0.343 e. The van der Waals surface area contributed by atoms with Gasteiger partial charge in [-0.05, 0) is 37.5 Å². The fraction of sp³-hybridized carbons (Fsp3) is 0.385. The SMILES string of the molecule is C[C@H](NC[C@@](C=O)(Cc1ccccc1)NC(=O)c1ccccc1)C(=O)NC1(C=O)CCCC1. The van der Waals surface area contributed by atoms with Gasteiger partial charge in [0.15, 0.2) is 0 Å². The first-order valence-corrected chi connectivity index (χ1v) is 11.3. The first-order valence-electron chi connectivity index (χ1n) is 11.3. The monoisotopic (exact) mass is 449 g/mol. The summed E-state index contributed by atoms with van der Waals surface area (Å²) in [5, 5.41) is 8.83. The lowest BCUT2D eigenvalue weighted by Crippen LogP contribution is -2.61. The van der Waals surface area contributed by atoms with Crippen LogP contribution in [0.3, 0.4) is 0 Å². The summed E-state index contributed by atoms with van der Waals surface area (Å²) < 4.78 is 0. The van der Waals surface area contributed by atoms with Crippen LogP contribution in [0.4, 0.5) is 0 Å². The molecule has 0 radical (unpaired) electrons. The lowest BCUT2D eigenvalue weighted by molar-refractivity contribution is -0.128. The van der Waals surface area contributed by atoms with Crippen molar-refractivity contribution in [1.82, 2.24) is 16.0 Å². The van der Waals surface area contributed by atoms with Crippen LogP contribution >= 0.6 is 0 Å². The third kappa shape index (κ3) is 6.35. The number of benzene rings is 2. The Labute approximate surface area is 194 Å². The summed E-state index contributed by atoms with van der Waals surface area (Å²) in [7, 11) is 0. The molecule has 0 aromatic heterocycles. The molecule has 2 amide bonds. The molecule has 0 saturated heterocycles. The smallest absolute Gasteiger partial charge is 0.252 e. The Kier molecular flexibility index (Phi) is 8.11. The van der Waals surface area contributed by atoms with Gasteiger partial charge in [0.05, 0.1) is 11.6 Å². The minimum atomic E-state index is -1.27. The zero-order valence-electron chi connectivity index (χ0n) is 18.9. The quantitative estimate of drug-likeness (QED) is 0.456. The van der Waals surface area contributed by atoms with Crippen LogP contribution in [-0.2, 0) is 20.8 Å². The van der Waals surface area contributed by atoms with Crippen LogP contribution in [0.2, 0.25) is 0 Å². The van der Waals surface area contributed by atoms with Crippen molar-refractivity contribution >= 4 is 24.4 Å². The summed E-state index contributed by atoms with van der Waals surface area (Å²) in [5.41, 5.74) is -0.752. The number of amides is 2. The van der Waals surface area contributed by atoms with Crippen LogP contribution in [0, 0.1) is 0 Å². The van der Waals surface area contributed by atoms with Crippen molar-refractivity contribution in [3.8, 4) is 0 Å². The highest BCUT2D eigenvalue weighted by atomic mass is 16.2. The average molecular weight is 450 g/mol. The Morgan fingerprint density at radius 3 is 2.18 bits per heavy atom. The van der Waals surface area contributed by atoms with Crippen LogP contribution in [0.5, 0.6) is 0 Å². The molecule has 0 bridgehead atoms. The summed E-state index contributed by atoms with van der Waals surface area (Å²) in [4.78, 5) is 49.6. The van der Waals surface area contributed by atoms with E-state index in [0.717, 1.165) is 31.0 Å². The van der Waals surface area contributed by atoms with Gasteiger partial charge in [0, 0.05) is 18.5 Å². The summed E-state index contributed by atoms with van der Waals surface area (Å²) in [6, 6.07) is 17.4. The molecule has 0 unspecified atom stereocenters. The van der Waals surface area contributed by atoms with E-state index in [4.69, 9.17) is 0 Å². The Hall–Kier alpha value is -3.32. The second kappa shape index (κ2) is 11.0. The van der Waals surface area contributed by atoms with Gasteiger partial charge in [0.2, 0.25) is 5.91 Å². The topological polar surface area (TPSA) is 104 Å². The number of aldehydes is 2. The molecule has 0 spiro atoms. The number of rotatable bonds is 11. The van der Waals surface area contributed by atoms with Gasteiger partial charge in [-0.1, -0.05) is 61.4 Å². The molecule has 0 heterocycles. The highest BCUT2D eigenvalue weighted by Gasteiger charge is 2.37. The van der Waals surface area contributed by atoms with Crippen molar-refractivity contribution in [1.29, 1.82) is 0 Å². The first-order chi connectivity index (χ1) is 15.9. The van der Waals surface area contributed by atoms with Crippen molar-refractivity contribution in [3.05, 3.63) is 71.8 Å². The van der Waals surface area contributed by atoms with E-state index >= 15 is 0 Å². The highest BCUT2D eigenvalue weighted by Crippen LogP contribution is 2.27. The molecule has 2 aromatic carbocycles. The maximum absolute atomic E-state index is 12.9. The second-order valence-corrected chi connectivity index (χ2v) is 8.83. The van der Waals surface area contributed by atoms with E-state index < -0.39 is 17.1 Å². The summed E-state index contributed by atoms with van der Waals surface area (Å²) in [5.74, 6) is -0.679. The number of nitrogens with one attached hydrogen (secondary N) is 3. The lowest BCUT2D eigenvalue weighted by Gasteiger charge is -2.32. The number of carbonyl (C=O) groups excluding carboxylic acids is 4. The molecule has 3 N–H and O–H groups in total. The van der Waals surface area contributed by atoms with Crippen molar-refractivity contribution in [3.63, 3.8) is 0 Å². The molecule has 3 rings (SSSR count). The molecule has 33 heavy (non-hydrogen) atoms. The predicted molar refractivity (Wildman–Crippen MR) is 126 cm³/mol. The zero-order chi connectivity index (χ0) is 23.7. The van der Waals surface area contributed by atoms with Crippen LogP contribution < -0.4 is 16.0 Å². The van der Waals surface area contributed by atoms with Crippen molar-refractivity contribution in [2.75, 3.05) is 6.54 Å². The fourth-order valence-corrected chi connectivity index (χ4v) is 4.17. The predicted octanol–water partition coefficient (Wildman–Crippen LogP) is 2.20. The van der Waals surface area contributed by atoms with Crippen molar-refractivity contribution in [2.45, 2.75) is 56.1 Å². The zero-order valence-corrected chi connectivity index (χ0v) is 18.9. The molecular weight excluding hydrogens is 418 g/mol. The molecule has 7 nitrogen and oxygen atoms in total. The van der Waals surface area contributed by atoms with Crippen LogP contribution in [0.25, 0.3) is 0 Å². The normalized spacial score (nSPS) is 17.4. The van der Waals surface area contributed by atoms with Gasteiger partial charge in [-0.3, -0.25) is 9.59 Å². The van der Waals surface area contributed by atoms with Crippen molar-refractivity contribution in [2.24, 2.45) is 0 Å². The maximum Gasteiger partial charge on any atom is 0.252 e. The van der Waals surface area contributed by atoms with E-state index in [1.807, 2.05) is 36.4 Å². The first kappa shape index (κ1) is 24.3. The molecule has 174 valence electrons. The van der Waals surface area contributed by atoms with Crippen LogP contribution in [-0.4, -0.2) is 48.1 Å². The number of carbonyl (C=O) groups is 4. The highest BCUT2D eigenvalue weighted by molar-refractivity contribution is 5.96. The Morgan fingerprint density at radius 1 is 1.00 bits per heavy atom. The van der Waals surface area contributed by atoms with Gasteiger partial charge in [-0.2, -0.15) is 0 Å². The molecule has 2 aromatic rings. The molecule has 1 aliphatic carbocycles. The number of hydrogen-bond donors (Lipinski definition) is 3. The van der Waals surface area contributed by atoms with Crippen molar-refractivity contribution < 1.29 is 19.2 Å². The van der Waals surface area contributed by atoms with Crippen LogP contribution in [0.15, 0.2) is 60.7 Å². The Bertz CT molecular complexity index is 958. The third-order valence-corrected chi connectivity index (χ3v) is 6.20. The largest absolute Gasteiger partial charge is 0.343 e. The molecule has 0 aliphatic heterocycles. The fourth-order valence-electron chi connectivity index (χ4n) is 4.17. The van der Waals surface area contributed by atoms with E-state index in [2.05, 4.69) is 16.0 Å². The summed E-state index contributed by atoms with van der Waals surface area (Å²) >= 11 is 0. The average Bonchev–Trinajstić information content (AvgIpc) is 3.32. The standard InChI is InChI=1S/C26H31N3O4/c1-20(23(32)28-25(18-30)14-8-9-15-25)27-17-26(19-31,16-21-10-4-2-5-11-21)29-24(33)22-12-6-3-7-13-22/h2-7,10-13,18-20,27H,8-9,14-17H2,1H3,(H,28,32)(H,29,33)/t20-,26+/m0/s1.